The normalized spacial score (nSPS) is 12.6. The maximum atomic E-state index is 14.8. The molecule has 0 saturated carbocycles. The van der Waals surface area contributed by atoms with Crippen LogP contribution in [0.1, 0.15) is 42.4 Å². The first-order valence-electron chi connectivity index (χ1n) is 10.1. The van der Waals surface area contributed by atoms with Crippen molar-refractivity contribution in [1.82, 2.24) is 10.3 Å². The van der Waals surface area contributed by atoms with Crippen LogP contribution in [0.4, 0.5) is 15.2 Å². The Hall–Kier alpha value is -2.85. The molecule has 0 radical (unpaired) electrons. The number of benzene rings is 1. The standard InChI is InChI=1S/C23H27FN4O3S/c1-13(12-29)26-11-15-5-4-6-20(27-15)28-22-17(21(25)30)10-19(32-22)16-8-7-14(9-18(16)24)23(2,3)31/h4-10,13,26,29,31H,11-12H2,1-3H3,(H2,25,30)(H,27,28)/t13-/m1/s1. The number of rotatable bonds is 9. The number of nitrogens with two attached hydrogens (primary N) is 1. The van der Waals surface area contributed by atoms with E-state index in [1.54, 1.807) is 38.1 Å². The van der Waals surface area contributed by atoms with E-state index >= 15 is 0 Å². The summed E-state index contributed by atoms with van der Waals surface area (Å²) in [5, 5.41) is 26.0. The lowest BCUT2D eigenvalue weighted by molar-refractivity contribution is 0.0782. The van der Waals surface area contributed by atoms with E-state index in [1.165, 1.54) is 17.4 Å². The Morgan fingerprint density at radius 2 is 2.03 bits per heavy atom. The number of anilines is 2. The van der Waals surface area contributed by atoms with Crippen molar-refractivity contribution in [2.75, 3.05) is 11.9 Å². The van der Waals surface area contributed by atoms with Crippen LogP contribution in [-0.4, -0.2) is 33.8 Å². The third-order valence-corrected chi connectivity index (χ3v) is 5.98. The minimum absolute atomic E-state index is 0.0191. The van der Waals surface area contributed by atoms with Crippen molar-refractivity contribution in [3.8, 4) is 10.4 Å². The molecule has 9 heteroatoms. The zero-order valence-electron chi connectivity index (χ0n) is 18.1. The van der Waals surface area contributed by atoms with Gasteiger partial charge in [0.1, 0.15) is 16.6 Å². The van der Waals surface area contributed by atoms with E-state index < -0.39 is 17.3 Å². The monoisotopic (exact) mass is 458 g/mol. The molecule has 0 unspecified atom stereocenters. The highest BCUT2D eigenvalue weighted by Crippen LogP contribution is 2.38. The fourth-order valence-electron chi connectivity index (χ4n) is 3.00. The highest BCUT2D eigenvalue weighted by Gasteiger charge is 2.21. The summed E-state index contributed by atoms with van der Waals surface area (Å²) in [6.07, 6.45) is 0. The maximum Gasteiger partial charge on any atom is 0.251 e. The van der Waals surface area contributed by atoms with Crippen molar-refractivity contribution in [2.24, 2.45) is 5.73 Å². The first-order valence-corrected chi connectivity index (χ1v) is 10.9. The molecule has 2 aromatic heterocycles. The van der Waals surface area contributed by atoms with Crippen LogP contribution in [-0.2, 0) is 12.1 Å². The number of hydrogen-bond acceptors (Lipinski definition) is 7. The highest BCUT2D eigenvalue weighted by molar-refractivity contribution is 7.19. The van der Waals surface area contributed by atoms with E-state index in [0.717, 1.165) is 5.69 Å². The number of primary amides is 1. The van der Waals surface area contributed by atoms with E-state index in [1.807, 2.05) is 19.1 Å². The summed E-state index contributed by atoms with van der Waals surface area (Å²) in [6, 6.07) is 11.4. The van der Waals surface area contributed by atoms with Gasteiger partial charge in [0.15, 0.2) is 0 Å². The number of aliphatic hydroxyl groups is 2. The lowest BCUT2D eigenvalue weighted by Crippen LogP contribution is -2.29. The average molecular weight is 459 g/mol. The number of carbonyl (C=O) groups is 1. The van der Waals surface area contributed by atoms with Gasteiger partial charge in [0, 0.05) is 23.0 Å². The van der Waals surface area contributed by atoms with Crippen LogP contribution < -0.4 is 16.4 Å². The molecule has 3 aromatic rings. The number of thiophene rings is 1. The first kappa shape index (κ1) is 23.8. The van der Waals surface area contributed by atoms with Gasteiger partial charge >= 0.3 is 0 Å². The van der Waals surface area contributed by atoms with Gasteiger partial charge in [-0.05, 0) is 50.6 Å². The molecule has 0 fully saturated rings. The van der Waals surface area contributed by atoms with Gasteiger partial charge in [0.05, 0.1) is 23.5 Å². The van der Waals surface area contributed by atoms with Crippen LogP contribution in [0.3, 0.4) is 0 Å². The fourth-order valence-corrected chi connectivity index (χ4v) is 4.10. The zero-order valence-corrected chi connectivity index (χ0v) is 19.0. The molecule has 0 aliphatic carbocycles. The quantitative estimate of drug-likeness (QED) is 0.335. The summed E-state index contributed by atoms with van der Waals surface area (Å²) in [5.41, 5.74) is 6.13. The van der Waals surface area contributed by atoms with E-state index in [4.69, 9.17) is 10.8 Å². The van der Waals surface area contributed by atoms with Crippen LogP contribution in [0.15, 0.2) is 42.5 Å². The number of nitrogens with one attached hydrogen (secondary N) is 2. The molecule has 1 atom stereocenters. The summed E-state index contributed by atoms with van der Waals surface area (Å²) in [6.45, 7) is 5.52. The molecule has 1 amide bonds. The lowest BCUT2D eigenvalue weighted by Gasteiger charge is -2.18. The van der Waals surface area contributed by atoms with E-state index in [9.17, 15) is 14.3 Å². The second-order valence-electron chi connectivity index (χ2n) is 8.08. The number of aromatic nitrogens is 1. The van der Waals surface area contributed by atoms with Crippen molar-refractivity contribution in [2.45, 2.75) is 39.0 Å². The average Bonchev–Trinajstić information content (AvgIpc) is 3.15. The minimum Gasteiger partial charge on any atom is -0.395 e. The topological polar surface area (TPSA) is 120 Å². The molecule has 1 aromatic carbocycles. The minimum atomic E-state index is -1.17. The largest absolute Gasteiger partial charge is 0.395 e. The van der Waals surface area contributed by atoms with Crippen LogP contribution >= 0.6 is 11.3 Å². The molecule has 0 spiro atoms. The molecule has 2 heterocycles. The number of hydrogen-bond donors (Lipinski definition) is 5. The number of carbonyl (C=O) groups excluding carboxylic acids is 1. The number of aliphatic hydroxyl groups excluding tert-OH is 1. The molecule has 6 N–H and O–H groups in total. The third-order valence-electron chi connectivity index (χ3n) is 4.89. The molecule has 0 aliphatic rings. The summed E-state index contributed by atoms with van der Waals surface area (Å²) < 4.78 is 14.8. The lowest BCUT2D eigenvalue weighted by atomic mass is 9.96. The van der Waals surface area contributed by atoms with Gasteiger partial charge < -0.3 is 26.6 Å². The maximum absolute atomic E-state index is 14.8. The molecule has 7 nitrogen and oxygen atoms in total. The van der Waals surface area contributed by atoms with Crippen molar-refractivity contribution in [3.63, 3.8) is 0 Å². The van der Waals surface area contributed by atoms with E-state index in [0.29, 0.717) is 33.4 Å². The van der Waals surface area contributed by atoms with Gasteiger partial charge in [-0.15, -0.1) is 11.3 Å². The van der Waals surface area contributed by atoms with E-state index in [2.05, 4.69) is 15.6 Å². The number of halogens is 1. The van der Waals surface area contributed by atoms with Crippen molar-refractivity contribution < 1.29 is 19.4 Å². The number of amides is 1. The molecule has 3 rings (SSSR count). The second-order valence-corrected chi connectivity index (χ2v) is 9.13. The Morgan fingerprint density at radius 1 is 1.28 bits per heavy atom. The van der Waals surface area contributed by atoms with Gasteiger partial charge in [0.2, 0.25) is 0 Å². The van der Waals surface area contributed by atoms with Gasteiger partial charge in [-0.3, -0.25) is 4.79 Å². The van der Waals surface area contributed by atoms with Gasteiger partial charge in [0.25, 0.3) is 5.91 Å². The Kier molecular flexibility index (Phi) is 7.25. The van der Waals surface area contributed by atoms with Crippen molar-refractivity contribution in [1.29, 1.82) is 0 Å². The van der Waals surface area contributed by atoms with Crippen LogP contribution in [0.2, 0.25) is 0 Å². The second kappa shape index (κ2) is 9.74. The molecule has 170 valence electrons. The number of nitrogens with zero attached hydrogens (tertiary/aromatic N) is 1. The summed E-state index contributed by atoms with van der Waals surface area (Å²) in [4.78, 5) is 17.0. The fraction of sp³-hybridized carbons (Fsp3) is 0.304. The Balaban J connectivity index is 1.89. The highest BCUT2D eigenvalue weighted by atomic mass is 32.1. The van der Waals surface area contributed by atoms with Crippen LogP contribution in [0.25, 0.3) is 10.4 Å². The summed E-state index contributed by atoms with van der Waals surface area (Å²) in [7, 11) is 0. The van der Waals surface area contributed by atoms with Crippen molar-refractivity contribution in [3.05, 3.63) is 65.1 Å². The van der Waals surface area contributed by atoms with E-state index in [-0.39, 0.29) is 18.2 Å². The number of pyridine rings is 1. The smallest absolute Gasteiger partial charge is 0.251 e. The van der Waals surface area contributed by atoms with Gasteiger partial charge in [-0.2, -0.15) is 0 Å². The predicted octanol–water partition coefficient (Wildman–Crippen LogP) is 3.49. The van der Waals surface area contributed by atoms with Gasteiger partial charge in [-0.1, -0.05) is 18.2 Å². The van der Waals surface area contributed by atoms with Crippen LogP contribution in [0, 0.1) is 5.82 Å². The molecule has 0 bridgehead atoms. The van der Waals surface area contributed by atoms with Gasteiger partial charge in [-0.25, -0.2) is 9.37 Å². The zero-order chi connectivity index (χ0) is 23.5. The molecule has 32 heavy (non-hydrogen) atoms. The molecular weight excluding hydrogens is 431 g/mol. The predicted molar refractivity (Wildman–Crippen MR) is 124 cm³/mol. The Labute approximate surface area is 190 Å². The molecular formula is C23H27FN4O3S. The Morgan fingerprint density at radius 3 is 2.66 bits per heavy atom. The summed E-state index contributed by atoms with van der Waals surface area (Å²) in [5.74, 6) is -0.634. The Bertz CT molecular complexity index is 1110. The molecule has 0 aliphatic heterocycles. The first-order chi connectivity index (χ1) is 15.1. The summed E-state index contributed by atoms with van der Waals surface area (Å²) >= 11 is 1.19. The SMILES string of the molecule is C[C@H](CO)NCc1cccc(Nc2sc(-c3ccc(C(C)(C)O)cc3F)cc2C(N)=O)n1. The third kappa shape index (κ3) is 5.68. The molecule has 0 saturated heterocycles. The van der Waals surface area contributed by atoms with Crippen LogP contribution in [0.5, 0.6) is 0 Å². The van der Waals surface area contributed by atoms with Crippen molar-refractivity contribution >= 4 is 28.1 Å².